The molecule has 100 valence electrons. The summed E-state index contributed by atoms with van der Waals surface area (Å²) in [6.45, 7) is 1.98. The van der Waals surface area contributed by atoms with Crippen LogP contribution >= 0.6 is 0 Å². The third-order valence-electron chi connectivity index (χ3n) is 2.87. The first kappa shape index (κ1) is 13.5. The number of carbonyl (C=O) groups is 1. The van der Waals surface area contributed by atoms with Gasteiger partial charge in [0, 0.05) is 12.8 Å². The number of hydrogen-bond donors (Lipinski definition) is 0. The summed E-state index contributed by atoms with van der Waals surface area (Å²) in [5.41, 5.74) is 1.25. The summed E-state index contributed by atoms with van der Waals surface area (Å²) in [5, 5.41) is 3.91. The van der Waals surface area contributed by atoms with Crippen LogP contribution in [0, 0.1) is 0 Å². The van der Waals surface area contributed by atoms with Crippen LogP contribution < -0.4 is 0 Å². The SMILES string of the molecule is CCCC(=O)Cc1nc(CCc2ccccc2)no1. The zero-order valence-corrected chi connectivity index (χ0v) is 11.1. The minimum atomic E-state index is 0.153. The zero-order chi connectivity index (χ0) is 13.5. The molecule has 0 spiro atoms. The first-order valence-electron chi connectivity index (χ1n) is 6.65. The van der Waals surface area contributed by atoms with Crippen molar-refractivity contribution in [2.75, 3.05) is 0 Å². The molecule has 1 aromatic heterocycles. The summed E-state index contributed by atoms with van der Waals surface area (Å²) in [6, 6.07) is 10.2. The lowest BCUT2D eigenvalue weighted by atomic mass is 10.1. The molecule has 0 atom stereocenters. The summed E-state index contributed by atoms with van der Waals surface area (Å²) in [6.07, 6.45) is 3.29. The van der Waals surface area contributed by atoms with E-state index in [0.29, 0.717) is 18.1 Å². The Morgan fingerprint density at radius 3 is 2.74 bits per heavy atom. The van der Waals surface area contributed by atoms with E-state index in [0.717, 1.165) is 19.3 Å². The number of rotatable bonds is 7. The van der Waals surface area contributed by atoms with Gasteiger partial charge in [-0.25, -0.2) is 0 Å². The maximum Gasteiger partial charge on any atom is 0.234 e. The molecule has 0 N–H and O–H groups in total. The van der Waals surface area contributed by atoms with Crippen molar-refractivity contribution in [1.82, 2.24) is 10.1 Å². The van der Waals surface area contributed by atoms with Crippen LogP contribution in [0.2, 0.25) is 0 Å². The number of benzene rings is 1. The molecular weight excluding hydrogens is 240 g/mol. The number of carbonyl (C=O) groups excluding carboxylic acids is 1. The number of ketones is 1. The second-order valence-corrected chi connectivity index (χ2v) is 4.56. The maximum absolute atomic E-state index is 11.5. The van der Waals surface area contributed by atoms with Crippen molar-refractivity contribution in [2.24, 2.45) is 0 Å². The molecule has 0 saturated heterocycles. The Bertz CT molecular complexity index is 520. The monoisotopic (exact) mass is 258 g/mol. The zero-order valence-electron chi connectivity index (χ0n) is 11.1. The van der Waals surface area contributed by atoms with Crippen LogP contribution in [0.1, 0.15) is 37.0 Å². The number of hydrogen-bond acceptors (Lipinski definition) is 4. The van der Waals surface area contributed by atoms with Crippen molar-refractivity contribution in [3.05, 3.63) is 47.6 Å². The van der Waals surface area contributed by atoms with E-state index < -0.39 is 0 Å². The molecular formula is C15H18N2O2. The van der Waals surface area contributed by atoms with Crippen molar-refractivity contribution >= 4 is 5.78 Å². The highest BCUT2D eigenvalue weighted by atomic mass is 16.5. The van der Waals surface area contributed by atoms with Crippen molar-refractivity contribution < 1.29 is 9.32 Å². The van der Waals surface area contributed by atoms with Crippen molar-refractivity contribution in [3.63, 3.8) is 0 Å². The second-order valence-electron chi connectivity index (χ2n) is 4.56. The average Bonchev–Trinajstić information content (AvgIpc) is 2.85. The Morgan fingerprint density at radius 2 is 2.00 bits per heavy atom. The van der Waals surface area contributed by atoms with Gasteiger partial charge in [0.25, 0.3) is 0 Å². The minimum absolute atomic E-state index is 0.153. The lowest BCUT2D eigenvalue weighted by molar-refractivity contribution is -0.118. The standard InChI is InChI=1S/C15H18N2O2/c1-2-6-13(18)11-15-16-14(17-19-15)10-9-12-7-4-3-5-8-12/h3-5,7-8H,2,6,9-11H2,1H3. The fraction of sp³-hybridized carbons (Fsp3) is 0.400. The van der Waals surface area contributed by atoms with Gasteiger partial charge in [0.05, 0.1) is 6.42 Å². The Labute approximate surface area is 112 Å². The lowest BCUT2D eigenvalue weighted by Crippen LogP contribution is -2.02. The number of aryl methyl sites for hydroxylation is 2. The first-order chi connectivity index (χ1) is 9.28. The molecule has 4 nitrogen and oxygen atoms in total. The molecule has 1 aromatic carbocycles. The maximum atomic E-state index is 11.5. The quantitative estimate of drug-likeness (QED) is 0.766. The lowest BCUT2D eigenvalue weighted by Gasteiger charge is -1.96. The van der Waals surface area contributed by atoms with E-state index >= 15 is 0 Å². The van der Waals surface area contributed by atoms with Gasteiger partial charge in [0.2, 0.25) is 5.89 Å². The van der Waals surface area contributed by atoms with Gasteiger partial charge in [-0.05, 0) is 18.4 Å². The number of Topliss-reactive ketones (excluding diaryl/α,β-unsaturated/α-hetero) is 1. The van der Waals surface area contributed by atoms with Crippen molar-refractivity contribution in [1.29, 1.82) is 0 Å². The predicted octanol–water partition coefficient (Wildman–Crippen LogP) is 2.77. The molecule has 0 aliphatic heterocycles. The summed E-state index contributed by atoms with van der Waals surface area (Å²) in [7, 11) is 0. The molecule has 0 radical (unpaired) electrons. The first-order valence-corrected chi connectivity index (χ1v) is 6.65. The molecule has 0 bridgehead atoms. The van der Waals surface area contributed by atoms with Crippen LogP contribution in [0.15, 0.2) is 34.9 Å². The Kier molecular flexibility index (Phi) is 4.84. The van der Waals surface area contributed by atoms with Crippen LogP contribution in [0.25, 0.3) is 0 Å². The van der Waals surface area contributed by atoms with Crippen LogP contribution in [-0.4, -0.2) is 15.9 Å². The van der Waals surface area contributed by atoms with Gasteiger partial charge < -0.3 is 4.52 Å². The van der Waals surface area contributed by atoms with Crippen molar-refractivity contribution in [2.45, 2.75) is 39.0 Å². The fourth-order valence-electron chi connectivity index (χ4n) is 1.90. The topological polar surface area (TPSA) is 56.0 Å². The Morgan fingerprint density at radius 1 is 1.21 bits per heavy atom. The normalized spacial score (nSPS) is 10.6. The van der Waals surface area contributed by atoms with E-state index in [4.69, 9.17) is 4.52 Å². The highest BCUT2D eigenvalue weighted by Crippen LogP contribution is 2.06. The second kappa shape index (κ2) is 6.83. The van der Waals surface area contributed by atoms with Gasteiger partial charge in [-0.1, -0.05) is 42.4 Å². The third-order valence-corrected chi connectivity index (χ3v) is 2.87. The smallest absolute Gasteiger partial charge is 0.234 e. The van der Waals surface area contributed by atoms with E-state index in [-0.39, 0.29) is 12.2 Å². The van der Waals surface area contributed by atoms with Crippen molar-refractivity contribution in [3.8, 4) is 0 Å². The van der Waals surface area contributed by atoms with Gasteiger partial charge in [0.15, 0.2) is 5.82 Å². The van der Waals surface area contributed by atoms with Gasteiger partial charge >= 0.3 is 0 Å². The van der Waals surface area contributed by atoms with E-state index in [1.54, 1.807) is 0 Å². The van der Waals surface area contributed by atoms with Gasteiger partial charge in [-0.15, -0.1) is 0 Å². The average molecular weight is 258 g/mol. The molecule has 0 unspecified atom stereocenters. The molecule has 0 aliphatic carbocycles. The predicted molar refractivity (Wildman–Crippen MR) is 71.8 cm³/mol. The summed E-state index contributed by atoms with van der Waals surface area (Å²) in [5.74, 6) is 1.26. The Hall–Kier alpha value is -1.97. The summed E-state index contributed by atoms with van der Waals surface area (Å²) >= 11 is 0. The number of nitrogens with zero attached hydrogens (tertiary/aromatic N) is 2. The molecule has 0 fully saturated rings. The van der Waals surface area contributed by atoms with E-state index in [2.05, 4.69) is 22.3 Å². The molecule has 2 aromatic rings. The summed E-state index contributed by atoms with van der Waals surface area (Å²) < 4.78 is 5.09. The minimum Gasteiger partial charge on any atom is -0.339 e. The van der Waals surface area contributed by atoms with Gasteiger partial charge in [-0.3, -0.25) is 4.79 Å². The largest absolute Gasteiger partial charge is 0.339 e. The van der Waals surface area contributed by atoms with E-state index in [9.17, 15) is 4.79 Å². The molecule has 1 heterocycles. The summed E-state index contributed by atoms with van der Waals surface area (Å²) in [4.78, 5) is 15.7. The molecule has 2 rings (SSSR count). The Balaban J connectivity index is 1.85. The number of aromatic nitrogens is 2. The molecule has 19 heavy (non-hydrogen) atoms. The third kappa shape index (κ3) is 4.32. The molecule has 4 heteroatoms. The van der Waals surface area contributed by atoms with E-state index in [1.165, 1.54) is 5.56 Å². The van der Waals surface area contributed by atoms with Gasteiger partial charge in [0.1, 0.15) is 5.78 Å². The van der Waals surface area contributed by atoms with Crippen LogP contribution in [-0.2, 0) is 24.1 Å². The van der Waals surface area contributed by atoms with Crippen LogP contribution in [0.3, 0.4) is 0 Å². The highest BCUT2D eigenvalue weighted by Gasteiger charge is 2.10. The molecule has 0 amide bonds. The highest BCUT2D eigenvalue weighted by molar-refractivity contribution is 5.79. The van der Waals surface area contributed by atoms with Crippen LogP contribution in [0.5, 0.6) is 0 Å². The molecule has 0 aliphatic rings. The van der Waals surface area contributed by atoms with Gasteiger partial charge in [-0.2, -0.15) is 4.98 Å². The molecule has 0 saturated carbocycles. The van der Waals surface area contributed by atoms with Crippen LogP contribution in [0.4, 0.5) is 0 Å². The van der Waals surface area contributed by atoms with E-state index in [1.807, 2.05) is 25.1 Å². The fourth-order valence-corrected chi connectivity index (χ4v) is 1.90.